The Morgan fingerprint density at radius 2 is 1.62 bits per heavy atom. The summed E-state index contributed by atoms with van der Waals surface area (Å²) in [4.78, 5) is 27.5. The lowest BCUT2D eigenvalue weighted by molar-refractivity contribution is -0.142. The smallest absolute Gasteiger partial charge is 0.261 e. The number of ether oxygens (including phenoxy) is 1. The molecule has 0 heterocycles. The molecule has 0 aliphatic carbocycles. The van der Waals surface area contributed by atoms with Crippen molar-refractivity contribution < 1.29 is 14.3 Å². The van der Waals surface area contributed by atoms with Crippen LogP contribution in [-0.4, -0.2) is 35.4 Å². The standard InChI is InChI=1S/C26H35BrN2O3/c1-7-18(2)28-25(31)19(3)29(16-20-8-12-22(27)13-9-20)24(30)17-32-23-14-10-21(11-15-23)26(4,5)6/h8-15,18-19H,7,16-17H2,1-6H3,(H,28,31)/t18-,19-/m0/s1. The summed E-state index contributed by atoms with van der Waals surface area (Å²) in [6.45, 7) is 12.4. The van der Waals surface area contributed by atoms with Crippen LogP contribution in [0.5, 0.6) is 5.75 Å². The first kappa shape index (κ1) is 25.9. The molecule has 1 N–H and O–H groups in total. The first-order valence-electron chi connectivity index (χ1n) is 11.1. The number of halogens is 1. The minimum atomic E-state index is -0.619. The Balaban J connectivity index is 2.13. The van der Waals surface area contributed by atoms with Crippen molar-refractivity contribution in [2.75, 3.05) is 6.61 Å². The molecule has 0 saturated heterocycles. The molecule has 174 valence electrons. The lowest BCUT2D eigenvalue weighted by Crippen LogP contribution is -2.50. The van der Waals surface area contributed by atoms with Crippen molar-refractivity contribution >= 4 is 27.7 Å². The molecular formula is C26H35BrN2O3. The average Bonchev–Trinajstić information content (AvgIpc) is 2.76. The Bertz CT molecular complexity index is 889. The van der Waals surface area contributed by atoms with Crippen LogP contribution in [0.4, 0.5) is 0 Å². The predicted octanol–water partition coefficient (Wildman–Crippen LogP) is 5.46. The summed E-state index contributed by atoms with van der Waals surface area (Å²) in [5.74, 6) is 0.227. The molecule has 0 bridgehead atoms. The molecule has 0 radical (unpaired) electrons. The third kappa shape index (κ3) is 7.66. The van der Waals surface area contributed by atoms with Crippen molar-refractivity contribution in [3.05, 3.63) is 64.1 Å². The Hall–Kier alpha value is -2.34. The Morgan fingerprint density at radius 3 is 2.16 bits per heavy atom. The third-order valence-corrected chi connectivity index (χ3v) is 6.05. The van der Waals surface area contributed by atoms with Crippen LogP contribution >= 0.6 is 15.9 Å². The molecule has 0 spiro atoms. The summed E-state index contributed by atoms with van der Waals surface area (Å²) < 4.78 is 6.74. The Kier molecular flexibility index (Phi) is 9.32. The average molecular weight is 503 g/mol. The fourth-order valence-electron chi connectivity index (χ4n) is 3.11. The van der Waals surface area contributed by atoms with Gasteiger partial charge in [0, 0.05) is 17.1 Å². The van der Waals surface area contributed by atoms with E-state index in [-0.39, 0.29) is 29.9 Å². The second-order valence-electron chi connectivity index (χ2n) is 9.21. The number of nitrogens with one attached hydrogen (secondary N) is 1. The third-order valence-electron chi connectivity index (χ3n) is 5.52. The predicted molar refractivity (Wildman–Crippen MR) is 133 cm³/mol. The van der Waals surface area contributed by atoms with Crippen LogP contribution in [0.25, 0.3) is 0 Å². The van der Waals surface area contributed by atoms with Crippen LogP contribution in [0.2, 0.25) is 0 Å². The van der Waals surface area contributed by atoms with Gasteiger partial charge in [0.15, 0.2) is 6.61 Å². The molecule has 2 amide bonds. The molecule has 2 rings (SSSR count). The van der Waals surface area contributed by atoms with Crippen LogP contribution in [0.3, 0.4) is 0 Å². The van der Waals surface area contributed by atoms with Gasteiger partial charge in [0.1, 0.15) is 11.8 Å². The van der Waals surface area contributed by atoms with Crippen molar-refractivity contribution in [3.63, 3.8) is 0 Å². The van der Waals surface area contributed by atoms with Crippen molar-refractivity contribution in [2.24, 2.45) is 0 Å². The molecule has 0 aromatic heterocycles. The van der Waals surface area contributed by atoms with Crippen molar-refractivity contribution in [1.82, 2.24) is 10.2 Å². The number of benzene rings is 2. The van der Waals surface area contributed by atoms with Gasteiger partial charge in [-0.3, -0.25) is 9.59 Å². The first-order valence-corrected chi connectivity index (χ1v) is 11.9. The van der Waals surface area contributed by atoms with Gasteiger partial charge in [0.2, 0.25) is 5.91 Å². The van der Waals surface area contributed by atoms with Crippen LogP contribution in [0.15, 0.2) is 53.0 Å². The lowest BCUT2D eigenvalue weighted by atomic mass is 9.87. The number of hydrogen-bond acceptors (Lipinski definition) is 3. The highest BCUT2D eigenvalue weighted by Gasteiger charge is 2.27. The van der Waals surface area contributed by atoms with E-state index in [1.807, 2.05) is 62.4 Å². The second kappa shape index (κ2) is 11.5. The van der Waals surface area contributed by atoms with Gasteiger partial charge in [-0.2, -0.15) is 0 Å². The van der Waals surface area contributed by atoms with E-state index < -0.39 is 6.04 Å². The van der Waals surface area contributed by atoms with E-state index in [0.29, 0.717) is 12.3 Å². The maximum atomic E-state index is 13.1. The number of carbonyl (C=O) groups is 2. The highest BCUT2D eigenvalue weighted by molar-refractivity contribution is 9.10. The van der Waals surface area contributed by atoms with Gasteiger partial charge in [-0.25, -0.2) is 0 Å². The molecule has 6 heteroatoms. The lowest BCUT2D eigenvalue weighted by Gasteiger charge is -2.29. The number of nitrogens with zero attached hydrogens (tertiary/aromatic N) is 1. The zero-order valence-electron chi connectivity index (χ0n) is 19.9. The molecule has 2 aromatic carbocycles. The van der Waals surface area contributed by atoms with Gasteiger partial charge in [-0.1, -0.05) is 67.9 Å². The maximum Gasteiger partial charge on any atom is 0.261 e. The molecule has 0 aliphatic rings. The summed E-state index contributed by atoms with van der Waals surface area (Å²) in [5.41, 5.74) is 2.19. The van der Waals surface area contributed by atoms with Crippen molar-refractivity contribution in [3.8, 4) is 5.75 Å². The SMILES string of the molecule is CC[C@H](C)NC(=O)[C@H](C)N(Cc1ccc(Br)cc1)C(=O)COc1ccc(C(C)(C)C)cc1. The first-order chi connectivity index (χ1) is 15.0. The molecule has 2 aromatic rings. The molecule has 32 heavy (non-hydrogen) atoms. The minimum absolute atomic E-state index is 0.0483. The number of hydrogen-bond donors (Lipinski definition) is 1. The molecule has 0 fully saturated rings. The summed E-state index contributed by atoms with van der Waals surface area (Å²) >= 11 is 3.43. The van der Waals surface area contributed by atoms with Gasteiger partial charge in [0.25, 0.3) is 5.91 Å². The van der Waals surface area contributed by atoms with Crippen LogP contribution < -0.4 is 10.1 Å². The molecule has 0 unspecified atom stereocenters. The van der Waals surface area contributed by atoms with Gasteiger partial charge >= 0.3 is 0 Å². The van der Waals surface area contributed by atoms with E-state index in [1.165, 1.54) is 5.56 Å². The molecule has 5 nitrogen and oxygen atoms in total. The molecule has 0 aliphatic heterocycles. The fraction of sp³-hybridized carbons (Fsp3) is 0.462. The number of amides is 2. The largest absolute Gasteiger partial charge is 0.484 e. The van der Waals surface area contributed by atoms with Gasteiger partial charge < -0.3 is 15.0 Å². The maximum absolute atomic E-state index is 13.1. The van der Waals surface area contributed by atoms with E-state index in [9.17, 15) is 9.59 Å². The number of rotatable bonds is 9. The zero-order chi connectivity index (χ0) is 23.9. The van der Waals surface area contributed by atoms with Crippen molar-refractivity contribution in [1.29, 1.82) is 0 Å². The summed E-state index contributed by atoms with van der Waals surface area (Å²) in [7, 11) is 0. The van der Waals surface area contributed by atoms with E-state index in [1.54, 1.807) is 11.8 Å². The van der Waals surface area contributed by atoms with Gasteiger partial charge in [-0.15, -0.1) is 0 Å². The van der Waals surface area contributed by atoms with Gasteiger partial charge in [0.05, 0.1) is 0 Å². The monoisotopic (exact) mass is 502 g/mol. The van der Waals surface area contributed by atoms with E-state index >= 15 is 0 Å². The van der Waals surface area contributed by atoms with E-state index in [0.717, 1.165) is 16.5 Å². The Labute approximate surface area is 200 Å². The van der Waals surface area contributed by atoms with Crippen LogP contribution in [-0.2, 0) is 21.5 Å². The summed E-state index contributed by atoms with van der Waals surface area (Å²) in [6.07, 6.45) is 0.826. The highest BCUT2D eigenvalue weighted by atomic mass is 79.9. The van der Waals surface area contributed by atoms with Crippen molar-refractivity contribution in [2.45, 2.75) is 72.0 Å². The van der Waals surface area contributed by atoms with E-state index in [2.05, 4.69) is 42.0 Å². The summed E-state index contributed by atoms with van der Waals surface area (Å²) in [6, 6.07) is 15.0. The van der Waals surface area contributed by atoms with Gasteiger partial charge in [-0.05, 0) is 61.1 Å². The number of carbonyl (C=O) groups excluding carboxylic acids is 2. The Morgan fingerprint density at radius 1 is 1.03 bits per heavy atom. The van der Waals surface area contributed by atoms with Crippen LogP contribution in [0, 0.1) is 0 Å². The zero-order valence-corrected chi connectivity index (χ0v) is 21.5. The van der Waals surface area contributed by atoms with E-state index in [4.69, 9.17) is 4.74 Å². The molecule has 0 saturated carbocycles. The highest BCUT2D eigenvalue weighted by Crippen LogP contribution is 2.24. The molecule has 2 atom stereocenters. The minimum Gasteiger partial charge on any atom is -0.484 e. The van der Waals surface area contributed by atoms with Crippen LogP contribution in [0.1, 0.15) is 59.1 Å². The normalized spacial score (nSPS) is 13.2. The fourth-order valence-corrected chi connectivity index (χ4v) is 3.38. The topological polar surface area (TPSA) is 58.6 Å². The summed E-state index contributed by atoms with van der Waals surface area (Å²) in [5, 5.41) is 2.97. The molecular weight excluding hydrogens is 468 g/mol. The quantitative estimate of drug-likeness (QED) is 0.495. The second-order valence-corrected chi connectivity index (χ2v) is 10.1.